The average Bonchev–Trinajstić information content (AvgIpc) is 2.74. The van der Waals surface area contributed by atoms with Crippen LogP contribution in [0.5, 0.6) is 0 Å². The van der Waals surface area contributed by atoms with Gasteiger partial charge in [-0.2, -0.15) is 0 Å². The van der Waals surface area contributed by atoms with Crippen LogP contribution in [0.25, 0.3) is 0 Å². The standard InChI is InChI=1S/C21H25N3O4/c1-14-12-18(16-5-10-27-11-6-16)28-21(26)19(14)20(25)24-8-3-15(4-9-24)17-2-7-22-13-23-17/h2,7,12-13,15-16H,3-6,8-11H2,1H3. The molecule has 2 saturated heterocycles. The normalized spacial score (nSPS) is 19.0. The lowest BCUT2D eigenvalue weighted by molar-refractivity contribution is 0.0701. The molecule has 2 aliphatic heterocycles. The van der Waals surface area contributed by atoms with Gasteiger partial charge in [-0.1, -0.05) is 0 Å². The fourth-order valence-corrected chi connectivity index (χ4v) is 4.15. The van der Waals surface area contributed by atoms with Gasteiger partial charge in [-0.15, -0.1) is 0 Å². The molecule has 0 aliphatic carbocycles. The number of hydrogen-bond donors (Lipinski definition) is 0. The van der Waals surface area contributed by atoms with Crippen molar-refractivity contribution in [2.24, 2.45) is 0 Å². The van der Waals surface area contributed by atoms with Crippen molar-refractivity contribution in [2.45, 2.75) is 44.4 Å². The predicted molar refractivity (Wildman–Crippen MR) is 102 cm³/mol. The first-order valence-corrected chi connectivity index (χ1v) is 9.91. The van der Waals surface area contributed by atoms with Crippen LogP contribution in [-0.4, -0.2) is 47.1 Å². The minimum absolute atomic E-state index is 0.163. The summed E-state index contributed by atoms with van der Waals surface area (Å²) < 4.78 is 10.9. The lowest BCUT2D eigenvalue weighted by Gasteiger charge is -2.31. The van der Waals surface area contributed by atoms with Gasteiger partial charge < -0.3 is 14.1 Å². The van der Waals surface area contributed by atoms with Crippen LogP contribution in [0.4, 0.5) is 0 Å². The smallest absolute Gasteiger partial charge is 0.349 e. The van der Waals surface area contributed by atoms with E-state index in [1.807, 2.05) is 19.1 Å². The van der Waals surface area contributed by atoms with Crippen molar-refractivity contribution in [1.82, 2.24) is 14.9 Å². The van der Waals surface area contributed by atoms with Crippen molar-refractivity contribution < 1.29 is 13.9 Å². The Morgan fingerprint density at radius 2 is 1.89 bits per heavy atom. The molecule has 0 N–H and O–H groups in total. The highest BCUT2D eigenvalue weighted by Crippen LogP contribution is 2.29. The summed E-state index contributed by atoms with van der Waals surface area (Å²) in [5.41, 5.74) is 1.35. The molecule has 148 valence electrons. The number of nitrogens with zero attached hydrogens (tertiary/aromatic N) is 3. The van der Waals surface area contributed by atoms with Gasteiger partial charge >= 0.3 is 5.63 Å². The molecule has 2 aromatic heterocycles. The highest BCUT2D eigenvalue weighted by atomic mass is 16.5. The maximum atomic E-state index is 13.0. The molecule has 0 bridgehead atoms. The Kier molecular flexibility index (Phi) is 5.52. The number of amides is 1. The lowest BCUT2D eigenvalue weighted by Crippen LogP contribution is -2.40. The number of hydrogen-bond acceptors (Lipinski definition) is 6. The molecule has 7 nitrogen and oxygen atoms in total. The molecule has 4 heterocycles. The molecular formula is C21H25N3O4. The van der Waals surface area contributed by atoms with E-state index < -0.39 is 5.63 Å². The summed E-state index contributed by atoms with van der Waals surface area (Å²) in [7, 11) is 0. The average molecular weight is 383 g/mol. The molecule has 0 saturated carbocycles. The first kappa shape index (κ1) is 18.8. The molecule has 2 aromatic rings. The van der Waals surface area contributed by atoms with Crippen LogP contribution in [0.2, 0.25) is 0 Å². The fraction of sp³-hybridized carbons (Fsp3) is 0.524. The van der Waals surface area contributed by atoms with Gasteiger partial charge in [0.2, 0.25) is 0 Å². The monoisotopic (exact) mass is 383 g/mol. The predicted octanol–water partition coefficient (Wildman–Crippen LogP) is 2.65. The second-order valence-electron chi connectivity index (χ2n) is 7.58. The Hall–Kier alpha value is -2.54. The molecule has 2 fully saturated rings. The van der Waals surface area contributed by atoms with E-state index in [1.54, 1.807) is 17.4 Å². The zero-order valence-corrected chi connectivity index (χ0v) is 16.1. The number of aromatic nitrogens is 2. The fourth-order valence-electron chi connectivity index (χ4n) is 4.15. The molecule has 1 amide bonds. The Morgan fingerprint density at radius 1 is 1.14 bits per heavy atom. The molecule has 0 aromatic carbocycles. The Bertz CT molecular complexity index is 882. The Labute approximate surface area is 163 Å². The molecule has 7 heteroatoms. The number of likely N-dealkylation sites (tertiary alicyclic amines) is 1. The number of piperidine rings is 1. The summed E-state index contributed by atoms with van der Waals surface area (Å²) in [6.45, 7) is 4.38. The first-order chi connectivity index (χ1) is 13.6. The van der Waals surface area contributed by atoms with Crippen LogP contribution in [0.15, 0.2) is 33.9 Å². The minimum atomic E-state index is -0.524. The van der Waals surface area contributed by atoms with Crippen LogP contribution in [0, 0.1) is 6.92 Å². The summed E-state index contributed by atoms with van der Waals surface area (Å²) in [4.78, 5) is 35.6. The SMILES string of the molecule is Cc1cc(C2CCOCC2)oc(=O)c1C(=O)N1CCC(c2ccncn2)CC1. The zero-order valence-electron chi connectivity index (χ0n) is 16.1. The van der Waals surface area contributed by atoms with Gasteiger partial charge in [0, 0.05) is 50.0 Å². The van der Waals surface area contributed by atoms with Crippen LogP contribution < -0.4 is 5.63 Å². The van der Waals surface area contributed by atoms with Gasteiger partial charge in [0.05, 0.1) is 0 Å². The number of carbonyl (C=O) groups excluding carboxylic acids is 1. The van der Waals surface area contributed by atoms with E-state index in [1.165, 1.54) is 0 Å². The number of ether oxygens (including phenoxy) is 1. The molecule has 4 rings (SSSR count). The topological polar surface area (TPSA) is 85.5 Å². The first-order valence-electron chi connectivity index (χ1n) is 9.91. The third-order valence-electron chi connectivity index (χ3n) is 5.81. The Morgan fingerprint density at radius 3 is 2.54 bits per heavy atom. The maximum Gasteiger partial charge on any atom is 0.349 e. The van der Waals surface area contributed by atoms with Gasteiger partial charge in [-0.25, -0.2) is 14.8 Å². The van der Waals surface area contributed by atoms with Gasteiger partial charge in [0.1, 0.15) is 17.7 Å². The van der Waals surface area contributed by atoms with E-state index in [9.17, 15) is 9.59 Å². The minimum Gasteiger partial charge on any atom is -0.427 e. The molecule has 2 aliphatic rings. The van der Waals surface area contributed by atoms with Crippen LogP contribution in [0.1, 0.15) is 64.9 Å². The van der Waals surface area contributed by atoms with Gasteiger partial charge in [0.15, 0.2) is 0 Å². The van der Waals surface area contributed by atoms with E-state index in [-0.39, 0.29) is 17.4 Å². The van der Waals surface area contributed by atoms with E-state index in [0.29, 0.717) is 43.5 Å². The second-order valence-corrected chi connectivity index (χ2v) is 7.58. The van der Waals surface area contributed by atoms with E-state index in [0.717, 1.165) is 31.4 Å². The molecular weight excluding hydrogens is 358 g/mol. The number of carbonyl (C=O) groups is 1. The third-order valence-corrected chi connectivity index (χ3v) is 5.81. The largest absolute Gasteiger partial charge is 0.427 e. The second kappa shape index (κ2) is 8.22. The summed E-state index contributed by atoms with van der Waals surface area (Å²) in [5.74, 6) is 0.948. The highest BCUT2D eigenvalue weighted by Gasteiger charge is 2.29. The summed E-state index contributed by atoms with van der Waals surface area (Å²) in [6.07, 6.45) is 6.63. The Balaban J connectivity index is 1.47. The summed E-state index contributed by atoms with van der Waals surface area (Å²) >= 11 is 0. The summed E-state index contributed by atoms with van der Waals surface area (Å²) in [5, 5.41) is 0. The highest BCUT2D eigenvalue weighted by molar-refractivity contribution is 5.95. The third kappa shape index (κ3) is 3.85. The molecule has 0 radical (unpaired) electrons. The molecule has 0 atom stereocenters. The van der Waals surface area contributed by atoms with E-state index >= 15 is 0 Å². The van der Waals surface area contributed by atoms with Crippen molar-refractivity contribution in [3.63, 3.8) is 0 Å². The van der Waals surface area contributed by atoms with Crippen molar-refractivity contribution in [3.05, 3.63) is 57.7 Å². The van der Waals surface area contributed by atoms with E-state index in [2.05, 4.69) is 9.97 Å². The number of rotatable bonds is 3. The van der Waals surface area contributed by atoms with Gasteiger partial charge in [-0.05, 0) is 50.3 Å². The zero-order chi connectivity index (χ0) is 19.5. The van der Waals surface area contributed by atoms with Crippen LogP contribution in [0.3, 0.4) is 0 Å². The molecule has 0 spiro atoms. The van der Waals surface area contributed by atoms with Gasteiger partial charge in [-0.3, -0.25) is 4.79 Å². The molecule has 0 unspecified atom stereocenters. The lowest BCUT2D eigenvalue weighted by atomic mass is 9.92. The van der Waals surface area contributed by atoms with Crippen molar-refractivity contribution in [3.8, 4) is 0 Å². The van der Waals surface area contributed by atoms with Crippen LogP contribution >= 0.6 is 0 Å². The molecule has 28 heavy (non-hydrogen) atoms. The summed E-state index contributed by atoms with van der Waals surface area (Å²) in [6, 6.07) is 3.79. The van der Waals surface area contributed by atoms with E-state index in [4.69, 9.17) is 9.15 Å². The van der Waals surface area contributed by atoms with Crippen molar-refractivity contribution in [2.75, 3.05) is 26.3 Å². The van der Waals surface area contributed by atoms with Crippen molar-refractivity contribution in [1.29, 1.82) is 0 Å². The van der Waals surface area contributed by atoms with Crippen molar-refractivity contribution >= 4 is 5.91 Å². The van der Waals surface area contributed by atoms with Crippen LogP contribution in [-0.2, 0) is 4.74 Å². The van der Waals surface area contributed by atoms with Gasteiger partial charge in [0.25, 0.3) is 5.91 Å². The maximum absolute atomic E-state index is 13.0. The quantitative estimate of drug-likeness (QED) is 0.810. The number of aryl methyl sites for hydroxylation is 1.